The predicted molar refractivity (Wildman–Crippen MR) is 128 cm³/mol. The van der Waals surface area contributed by atoms with Crippen molar-refractivity contribution in [2.24, 2.45) is 13.0 Å². The molecule has 168 valence electrons. The highest BCUT2D eigenvalue weighted by Crippen LogP contribution is 2.33. The Kier molecular flexibility index (Phi) is 6.44. The second-order valence-electron chi connectivity index (χ2n) is 8.32. The highest BCUT2D eigenvalue weighted by Gasteiger charge is 2.21. The van der Waals surface area contributed by atoms with Gasteiger partial charge in [-0.25, -0.2) is 14.8 Å². The number of benzene rings is 1. The summed E-state index contributed by atoms with van der Waals surface area (Å²) in [5, 5.41) is 14.1. The Balaban J connectivity index is 1.75. The number of carboxylic acid groups (broad SMARTS) is 1. The minimum absolute atomic E-state index is 0.0809. The molecular weight excluding hydrogens is 448 g/mol. The smallest absolute Gasteiger partial charge is 0.356 e. The monoisotopic (exact) mass is 472 g/mol. The van der Waals surface area contributed by atoms with Crippen LogP contribution < -0.4 is 10.9 Å². The average molecular weight is 473 g/mol. The number of pyridine rings is 1. The summed E-state index contributed by atoms with van der Waals surface area (Å²) >= 11 is 7.50. The lowest BCUT2D eigenvalue weighted by atomic mass is 9.87. The Morgan fingerprint density at radius 1 is 1.34 bits per heavy atom. The van der Waals surface area contributed by atoms with Crippen molar-refractivity contribution in [2.45, 2.75) is 44.3 Å². The number of aromatic nitrogens is 3. The summed E-state index contributed by atoms with van der Waals surface area (Å²) in [6.45, 7) is 3.84. The summed E-state index contributed by atoms with van der Waals surface area (Å²) in [6.07, 6.45) is 3.75. The quantitative estimate of drug-likeness (QED) is 0.282. The molecule has 7 nitrogen and oxygen atoms in total. The number of aromatic carboxylic acids is 1. The van der Waals surface area contributed by atoms with E-state index >= 15 is 0 Å². The molecule has 1 aliphatic rings. The third-order valence-electron chi connectivity index (χ3n) is 5.89. The fourth-order valence-corrected chi connectivity index (χ4v) is 5.17. The van der Waals surface area contributed by atoms with E-state index in [1.807, 2.05) is 26.0 Å². The second kappa shape index (κ2) is 9.11. The fourth-order valence-electron chi connectivity index (χ4n) is 3.87. The molecule has 1 aromatic carbocycles. The van der Waals surface area contributed by atoms with E-state index in [-0.39, 0.29) is 22.4 Å². The number of nitrogens with zero attached hydrogens (tertiary/aromatic N) is 3. The third kappa shape index (κ3) is 4.47. The van der Waals surface area contributed by atoms with Crippen molar-refractivity contribution in [1.29, 1.82) is 0 Å². The van der Waals surface area contributed by atoms with Gasteiger partial charge < -0.3 is 10.4 Å². The molecule has 2 aromatic heterocycles. The first-order valence-electron chi connectivity index (χ1n) is 10.5. The molecular formula is C23H25ClN4O3S. The largest absolute Gasteiger partial charge is 0.476 e. The summed E-state index contributed by atoms with van der Waals surface area (Å²) in [5.74, 6) is 0.481. The van der Waals surface area contributed by atoms with Gasteiger partial charge in [0.2, 0.25) is 0 Å². The Morgan fingerprint density at radius 3 is 2.75 bits per heavy atom. The molecule has 9 heteroatoms. The van der Waals surface area contributed by atoms with Crippen LogP contribution in [0, 0.1) is 12.8 Å². The zero-order chi connectivity index (χ0) is 23.0. The number of fused-ring (bicyclic) bond motifs is 1. The van der Waals surface area contributed by atoms with E-state index in [9.17, 15) is 14.7 Å². The molecule has 4 rings (SSSR count). The van der Waals surface area contributed by atoms with Gasteiger partial charge in [-0.2, -0.15) is 0 Å². The molecule has 32 heavy (non-hydrogen) atoms. The number of thioether (sulfide) groups is 1. The Labute approximate surface area is 195 Å². The number of anilines is 1. The number of nitrogens with one attached hydrogen (secondary N) is 1. The van der Waals surface area contributed by atoms with Crippen LogP contribution in [0.25, 0.3) is 10.9 Å². The lowest BCUT2D eigenvalue weighted by Gasteiger charge is -2.25. The maximum atomic E-state index is 13.1. The molecule has 1 atom stereocenters. The number of aryl methyl sites for hydroxylation is 1. The van der Waals surface area contributed by atoms with Gasteiger partial charge in [-0.3, -0.25) is 9.36 Å². The second-order valence-corrected chi connectivity index (χ2v) is 9.69. The summed E-state index contributed by atoms with van der Waals surface area (Å²) in [5.41, 5.74) is 2.52. The molecule has 0 saturated heterocycles. The van der Waals surface area contributed by atoms with E-state index in [1.54, 1.807) is 35.5 Å². The van der Waals surface area contributed by atoms with E-state index in [0.29, 0.717) is 27.7 Å². The number of rotatable bonds is 7. The lowest BCUT2D eigenvalue weighted by Crippen LogP contribution is -2.22. The third-order valence-corrected chi connectivity index (χ3v) is 7.36. The minimum Gasteiger partial charge on any atom is -0.476 e. The Morgan fingerprint density at radius 2 is 2.09 bits per heavy atom. The molecule has 1 fully saturated rings. The van der Waals surface area contributed by atoms with Crippen molar-refractivity contribution in [2.75, 3.05) is 11.1 Å². The number of hydrogen-bond donors (Lipinski definition) is 2. The normalized spacial score (nSPS) is 14.9. The van der Waals surface area contributed by atoms with E-state index in [4.69, 9.17) is 16.6 Å². The van der Waals surface area contributed by atoms with Crippen LogP contribution in [0.4, 0.5) is 5.69 Å². The number of halogens is 1. The molecule has 2 N–H and O–H groups in total. The molecule has 0 bridgehead atoms. The van der Waals surface area contributed by atoms with Gasteiger partial charge in [-0.05, 0) is 56.4 Å². The van der Waals surface area contributed by atoms with Gasteiger partial charge >= 0.3 is 5.97 Å². The zero-order valence-electron chi connectivity index (χ0n) is 18.2. The van der Waals surface area contributed by atoms with Gasteiger partial charge in [-0.1, -0.05) is 35.9 Å². The molecule has 0 unspecified atom stereocenters. The zero-order valence-corrected chi connectivity index (χ0v) is 19.8. The summed E-state index contributed by atoms with van der Waals surface area (Å²) in [7, 11) is 1.76. The molecule has 0 radical (unpaired) electrons. The van der Waals surface area contributed by atoms with Crippen LogP contribution in [0.5, 0.6) is 0 Å². The van der Waals surface area contributed by atoms with Crippen molar-refractivity contribution >= 4 is 45.9 Å². The topological polar surface area (TPSA) is 97.1 Å². The summed E-state index contributed by atoms with van der Waals surface area (Å²) < 4.78 is 1.62. The van der Waals surface area contributed by atoms with Crippen LogP contribution in [0.15, 0.2) is 34.2 Å². The maximum absolute atomic E-state index is 13.1. The van der Waals surface area contributed by atoms with Crippen LogP contribution in [0.2, 0.25) is 5.15 Å². The first-order chi connectivity index (χ1) is 15.2. The van der Waals surface area contributed by atoms with E-state index in [0.717, 1.165) is 16.9 Å². The average Bonchev–Trinajstić information content (AvgIpc) is 2.71. The standard InChI is InChI=1S/C23H25ClN4O3S/c1-12-9-15(13(2)25-17-7-8-18(24)26-20(17)22(30)31)19-16(10-12)21(29)28(3)23(27-19)32-11-14-5-4-6-14/h7-10,13-14,25H,4-6,11H2,1-3H3,(H,30,31)/t13-/m1/s1. The maximum Gasteiger partial charge on any atom is 0.356 e. The molecule has 0 aliphatic heterocycles. The van der Waals surface area contributed by atoms with Crippen LogP contribution in [0.1, 0.15) is 53.8 Å². The molecule has 0 amide bonds. The fraction of sp³-hybridized carbons (Fsp3) is 0.391. The van der Waals surface area contributed by atoms with Crippen molar-refractivity contribution in [3.05, 3.63) is 56.6 Å². The molecule has 1 aliphatic carbocycles. The van der Waals surface area contributed by atoms with Crippen LogP contribution in [-0.4, -0.2) is 31.4 Å². The first kappa shape index (κ1) is 22.6. The summed E-state index contributed by atoms with van der Waals surface area (Å²) in [4.78, 5) is 33.6. The summed E-state index contributed by atoms with van der Waals surface area (Å²) in [6, 6.07) is 6.66. The number of hydrogen-bond acceptors (Lipinski definition) is 6. The van der Waals surface area contributed by atoms with Gasteiger partial charge in [-0.15, -0.1) is 0 Å². The molecule has 1 saturated carbocycles. The van der Waals surface area contributed by atoms with Gasteiger partial charge in [0, 0.05) is 18.4 Å². The van der Waals surface area contributed by atoms with Gasteiger partial charge in [0.15, 0.2) is 10.9 Å². The Bertz CT molecular complexity index is 1260. The van der Waals surface area contributed by atoms with Crippen molar-refractivity contribution in [3.63, 3.8) is 0 Å². The highest BCUT2D eigenvalue weighted by molar-refractivity contribution is 7.99. The van der Waals surface area contributed by atoms with Gasteiger partial charge in [0.05, 0.1) is 22.6 Å². The van der Waals surface area contributed by atoms with Crippen molar-refractivity contribution < 1.29 is 9.90 Å². The number of carboxylic acids is 1. The van der Waals surface area contributed by atoms with Gasteiger partial charge in [0.25, 0.3) is 5.56 Å². The SMILES string of the molecule is Cc1cc([C@@H](C)Nc2ccc(Cl)nc2C(=O)O)c2nc(SCC3CCC3)n(C)c(=O)c2c1. The molecule has 3 aromatic rings. The van der Waals surface area contributed by atoms with Gasteiger partial charge in [0.1, 0.15) is 5.15 Å². The number of carbonyl (C=O) groups is 1. The highest BCUT2D eigenvalue weighted by atomic mass is 35.5. The van der Waals surface area contributed by atoms with Crippen LogP contribution >= 0.6 is 23.4 Å². The lowest BCUT2D eigenvalue weighted by molar-refractivity contribution is 0.0691. The predicted octanol–water partition coefficient (Wildman–Crippen LogP) is 5.05. The van der Waals surface area contributed by atoms with Crippen molar-refractivity contribution in [1.82, 2.24) is 14.5 Å². The minimum atomic E-state index is -1.17. The van der Waals surface area contributed by atoms with Crippen LogP contribution in [-0.2, 0) is 7.05 Å². The van der Waals surface area contributed by atoms with E-state index in [2.05, 4.69) is 10.3 Å². The first-order valence-corrected chi connectivity index (χ1v) is 11.9. The molecule has 0 spiro atoms. The van der Waals surface area contributed by atoms with Crippen LogP contribution in [0.3, 0.4) is 0 Å². The van der Waals surface area contributed by atoms with E-state index in [1.165, 1.54) is 19.3 Å². The Hall–Kier alpha value is -2.58. The van der Waals surface area contributed by atoms with Crippen molar-refractivity contribution in [3.8, 4) is 0 Å². The van der Waals surface area contributed by atoms with E-state index < -0.39 is 5.97 Å². The molecule has 2 heterocycles.